The molecule has 0 atom stereocenters. The van der Waals surface area contributed by atoms with Gasteiger partial charge in [0.05, 0.1) is 24.5 Å². The number of benzene rings is 3. The molecule has 0 bridgehead atoms. The lowest BCUT2D eigenvalue weighted by Gasteiger charge is -2.10. The van der Waals surface area contributed by atoms with Crippen molar-refractivity contribution in [1.29, 1.82) is 0 Å². The summed E-state index contributed by atoms with van der Waals surface area (Å²) in [6.45, 7) is 3.60. The Kier molecular flexibility index (Phi) is 8.20. The lowest BCUT2D eigenvalue weighted by atomic mass is 10.1. The van der Waals surface area contributed by atoms with Crippen molar-refractivity contribution in [1.82, 2.24) is 5.32 Å². The molecule has 0 fully saturated rings. The first-order chi connectivity index (χ1) is 17.6. The first-order valence-electron chi connectivity index (χ1n) is 11.8. The highest BCUT2D eigenvalue weighted by Gasteiger charge is 2.20. The van der Waals surface area contributed by atoms with E-state index < -0.39 is 0 Å². The Balaban J connectivity index is 1.29. The van der Waals surface area contributed by atoms with Crippen molar-refractivity contribution in [3.8, 4) is 5.75 Å². The fourth-order valence-corrected chi connectivity index (χ4v) is 3.77. The second-order valence-electron chi connectivity index (χ2n) is 8.02. The van der Waals surface area contributed by atoms with Crippen molar-refractivity contribution in [3.05, 3.63) is 89.7 Å². The molecule has 3 aromatic carbocycles. The van der Waals surface area contributed by atoms with Crippen LogP contribution >= 0.6 is 0 Å². The van der Waals surface area contributed by atoms with E-state index in [1.807, 2.05) is 31.2 Å². The van der Waals surface area contributed by atoms with Crippen LogP contribution in [0.1, 0.15) is 33.4 Å². The first-order valence-corrected chi connectivity index (χ1v) is 11.8. The third-order valence-corrected chi connectivity index (χ3v) is 5.59. The number of nitrogen functional groups attached to an aromatic ring is 1. The Hall–Kier alpha value is -4.30. The topological polar surface area (TPSA) is 116 Å². The summed E-state index contributed by atoms with van der Waals surface area (Å²) in [5, 5.41) is 6.55. The monoisotopic (exact) mass is 487 g/mol. The number of amides is 2. The van der Waals surface area contributed by atoms with Gasteiger partial charge >= 0.3 is 0 Å². The Morgan fingerprint density at radius 2 is 1.67 bits per heavy atom. The van der Waals surface area contributed by atoms with Crippen LogP contribution in [0.4, 0.5) is 11.4 Å². The van der Waals surface area contributed by atoms with Gasteiger partial charge in [0.15, 0.2) is 5.76 Å². The maximum Gasteiger partial charge on any atom is 0.287 e. The number of carbonyl (C=O) groups is 2. The van der Waals surface area contributed by atoms with Gasteiger partial charge in [-0.1, -0.05) is 30.3 Å². The van der Waals surface area contributed by atoms with Crippen molar-refractivity contribution in [2.75, 3.05) is 37.4 Å². The molecule has 1 heterocycles. The number of carbonyl (C=O) groups excluding carboxylic acids is 2. The van der Waals surface area contributed by atoms with Crippen LogP contribution in [0.3, 0.4) is 0 Å². The molecule has 8 nitrogen and oxygen atoms in total. The van der Waals surface area contributed by atoms with Gasteiger partial charge in [0.1, 0.15) is 17.9 Å². The van der Waals surface area contributed by atoms with Gasteiger partial charge in [-0.05, 0) is 49.4 Å². The number of nitrogens with two attached hydrogens (primary N) is 1. The lowest BCUT2D eigenvalue weighted by Crippen LogP contribution is -2.28. The van der Waals surface area contributed by atoms with Crippen LogP contribution in [0.2, 0.25) is 0 Å². The summed E-state index contributed by atoms with van der Waals surface area (Å²) in [5.41, 5.74) is 8.92. The molecule has 0 spiro atoms. The molecular formula is C28H29N3O5. The van der Waals surface area contributed by atoms with Crippen molar-refractivity contribution in [3.63, 3.8) is 0 Å². The Labute approximate surface area is 209 Å². The Morgan fingerprint density at radius 1 is 0.917 bits per heavy atom. The van der Waals surface area contributed by atoms with Gasteiger partial charge in [0.25, 0.3) is 11.8 Å². The molecule has 4 aromatic rings. The zero-order valence-electron chi connectivity index (χ0n) is 20.1. The molecular weight excluding hydrogens is 458 g/mol. The number of nitrogens with one attached hydrogen (secondary N) is 2. The van der Waals surface area contributed by atoms with Crippen molar-refractivity contribution >= 4 is 34.2 Å². The van der Waals surface area contributed by atoms with Crippen LogP contribution in [-0.4, -0.2) is 38.2 Å². The molecule has 2 amide bonds. The van der Waals surface area contributed by atoms with E-state index in [1.165, 1.54) is 0 Å². The number of para-hydroxylation sites is 3. The minimum absolute atomic E-state index is 0.256. The van der Waals surface area contributed by atoms with E-state index >= 15 is 0 Å². The van der Waals surface area contributed by atoms with Crippen LogP contribution in [0.15, 0.2) is 77.2 Å². The summed E-state index contributed by atoms with van der Waals surface area (Å²) in [6.07, 6.45) is 0.584. The molecule has 8 heteroatoms. The van der Waals surface area contributed by atoms with Gasteiger partial charge in [-0.25, -0.2) is 0 Å². The van der Waals surface area contributed by atoms with E-state index in [-0.39, 0.29) is 25.0 Å². The highest BCUT2D eigenvalue weighted by atomic mass is 16.5. The molecule has 4 N–H and O–H groups in total. The average Bonchev–Trinajstić information content (AvgIpc) is 3.27. The zero-order valence-corrected chi connectivity index (χ0v) is 20.1. The minimum Gasteiger partial charge on any atom is -0.492 e. The summed E-state index contributed by atoms with van der Waals surface area (Å²) in [5.74, 6) is 0.317. The summed E-state index contributed by atoms with van der Waals surface area (Å²) >= 11 is 0. The number of ether oxygens (including phenoxy) is 2. The van der Waals surface area contributed by atoms with E-state index in [4.69, 9.17) is 19.6 Å². The molecule has 0 aliphatic carbocycles. The molecule has 0 aliphatic rings. The maximum absolute atomic E-state index is 12.8. The van der Waals surface area contributed by atoms with Crippen LogP contribution in [0, 0.1) is 0 Å². The number of anilines is 2. The van der Waals surface area contributed by atoms with E-state index in [0.717, 1.165) is 10.9 Å². The zero-order chi connectivity index (χ0) is 25.3. The molecule has 0 saturated carbocycles. The number of hydrogen-bond donors (Lipinski definition) is 3. The summed E-state index contributed by atoms with van der Waals surface area (Å²) in [4.78, 5) is 25.3. The van der Waals surface area contributed by atoms with Crippen LogP contribution in [0.5, 0.6) is 5.75 Å². The number of fused-ring (bicyclic) bond motifs is 1. The predicted octanol–water partition coefficient (Wildman–Crippen LogP) is 4.66. The van der Waals surface area contributed by atoms with E-state index in [9.17, 15) is 9.59 Å². The molecule has 4 rings (SSSR count). The highest BCUT2D eigenvalue weighted by molar-refractivity contribution is 6.05. The summed E-state index contributed by atoms with van der Waals surface area (Å²) in [7, 11) is 0. The second kappa shape index (κ2) is 11.9. The second-order valence-corrected chi connectivity index (χ2v) is 8.02. The largest absolute Gasteiger partial charge is 0.492 e. The molecule has 186 valence electrons. The molecule has 0 aliphatic heterocycles. The van der Waals surface area contributed by atoms with Crippen LogP contribution < -0.4 is 21.1 Å². The van der Waals surface area contributed by atoms with E-state index in [2.05, 4.69) is 10.6 Å². The smallest absolute Gasteiger partial charge is 0.287 e. The third kappa shape index (κ3) is 6.03. The standard InChI is InChI=1S/C28H29N3O5/c1-2-34-17-15-22-21-7-3-6-10-25(21)36-26(22)28(33)30-16-18-35-20-13-11-19(12-14-20)27(32)31-24-9-5-4-8-23(24)29/h3-14H,2,15-18,29H2,1H3,(H,30,33)(H,31,32). The Morgan fingerprint density at radius 3 is 2.44 bits per heavy atom. The van der Waals surface area contributed by atoms with Gasteiger partial charge < -0.3 is 30.3 Å². The van der Waals surface area contributed by atoms with Crippen molar-refractivity contribution in [2.24, 2.45) is 0 Å². The fourth-order valence-electron chi connectivity index (χ4n) is 3.77. The molecule has 0 radical (unpaired) electrons. The van der Waals surface area contributed by atoms with Crippen molar-refractivity contribution < 1.29 is 23.5 Å². The highest BCUT2D eigenvalue weighted by Crippen LogP contribution is 2.26. The van der Waals surface area contributed by atoms with Gasteiger partial charge in [0, 0.05) is 29.5 Å². The Bertz CT molecular complexity index is 1330. The minimum atomic E-state index is -0.298. The molecule has 0 saturated heterocycles. The summed E-state index contributed by atoms with van der Waals surface area (Å²) in [6, 6.07) is 21.4. The number of furan rings is 1. The fraction of sp³-hybridized carbons (Fsp3) is 0.214. The number of hydrogen-bond acceptors (Lipinski definition) is 6. The van der Waals surface area contributed by atoms with Crippen molar-refractivity contribution in [2.45, 2.75) is 13.3 Å². The maximum atomic E-state index is 12.8. The van der Waals surface area contributed by atoms with Gasteiger partial charge in [-0.15, -0.1) is 0 Å². The average molecular weight is 488 g/mol. The number of rotatable bonds is 11. The van der Waals surface area contributed by atoms with E-state index in [1.54, 1.807) is 48.5 Å². The predicted molar refractivity (Wildman–Crippen MR) is 139 cm³/mol. The van der Waals surface area contributed by atoms with Gasteiger partial charge in [-0.3, -0.25) is 9.59 Å². The third-order valence-electron chi connectivity index (χ3n) is 5.59. The quantitative estimate of drug-likeness (QED) is 0.209. The van der Waals surface area contributed by atoms with Crippen LogP contribution in [-0.2, 0) is 11.2 Å². The molecule has 1 aromatic heterocycles. The summed E-state index contributed by atoms with van der Waals surface area (Å²) < 4.78 is 17.0. The lowest BCUT2D eigenvalue weighted by molar-refractivity contribution is 0.0918. The van der Waals surface area contributed by atoms with Crippen LogP contribution in [0.25, 0.3) is 11.0 Å². The van der Waals surface area contributed by atoms with Gasteiger partial charge in [-0.2, -0.15) is 0 Å². The van der Waals surface area contributed by atoms with E-state index in [0.29, 0.717) is 53.7 Å². The molecule has 0 unspecified atom stereocenters. The SMILES string of the molecule is CCOCCc1c(C(=O)NCCOc2ccc(C(=O)Nc3ccccc3N)cc2)oc2ccccc12. The first kappa shape index (κ1) is 24.8. The normalized spacial score (nSPS) is 10.8. The van der Waals surface area contributed by atoms with Gasteiger partial charge in [0.2, 0.25) is 0 Å². The molecule has 36 heavy (non-hydrogen) atoms.